The number of carbonyl (C=O) groups excluding carboxylic acids is 1. The summed E-state index contributed by atoms with van der Waals surface area (Å²) in [6.07, 6.45) is 7.29. The van der Waals surface area contributed by atoms with Crippen LogP contribution in [-0.4, -0.2) is 63.3 Å². The molecule has 4 heterocycles. The number of benzene rings is 1. The highest BCUT2D eigenvalue weighted by molar-refractivity contribution is 6.31. The second-order valence-corrected chi connectivity index (χ2v) is 9.21. The molecule has 196 valence electrons. The highest BCUT2D eigenvalue weighted by Crippen LogP contribution is 2.42. The van der Waals surface area contributed by atoms with E-state index in [4.69, 9.17) is 22.5 Å². The van der Waals surface area contributed by atoms with Crippen LogP contribution < -0.4 is 5.01 Å². The van der Waals surface area contributed by atoms with E-state index in [-0.39, 0.29) is 45.7 Å². The van der Waals surface area contributed by atoms with E-state index in [0.717, 1.165) is 11.3 Å². The van der Waals surface area contributed by atoms with Crippen LogP contribution in [0.3, 0.4) is 0 Å². The number of amidine groups is 1. The molecule has 1 unspecified atom stereocenters. The zero-order chi connectivity index (χ0) is 27.1. The third kappa shape index (κ3) is 4.14. The molecule has 0 radical (unpaired) electrons. The monoisotopic (exact) mass is 542 g/mol. The number of hydrogen-bond acceptors (Lipinski definition) is 9. The highest BCUT2D eigenvalue weighted by atomic mass is 35.5. The molecular weight excluding hydrogens is 522 g/mol. The quantitative estimate of drug-likeness (QED) is 0.184. The molecule has 4 aliphatic heterocycles. The molecule has 1 aromatic carbocycles. The molecule has 0 saturated carbocycles. The molecular formula is C24H21ClF2N8O3. The Morgan fingerprint density at radius 1 is 1.32 bits per heavy atom. The number of amides is 1. The first-order valence-electron chi connectivity index (χ1n) is 11.5. The number of hydrogen-bond donors (Lipinski definition) is 4. The van der Waals surface area contributed by atoms with Crippen molar-refractivity contribution in [1.29, 1.82) is 10.9 Å². The molecule has 1 aromatic rings. The number of carbonyl (C=O) groups is 1. The first-order valence-corrected chi connectivity index (χ1v) is 11.9. The Morgan fingerprint density at radius 2 is 2.11 bits per heavy atom. The van der Waals surface area contributed by atoms with Gasteiger partial charge in [0.15, 0.2) is 17.5 Å². The summed E-state index contributed by atoms with van der Waals surface area (Å²) in [6, 6.07) is 1.94. The van der Waals surface area contributed by atoms with Gasteiger partial charge in [-0.05, 0) is 43.0 Å². The molecule has 0 aliphatic carbocycles. The zero-order valence-corrected chi connectivity index (χ0v) is 20.4. The number of hydroxylamine groups is 2. The van der Waals surface area contributed by atoms with Gasteiger partial charge in [-0.3, -0.25) is 15.4 Å². The minimum Gasteiger partial charge on any atom is -0.390 e. The number of aliphatic hydroxyl groups excluding tert-OH is 1. The fraction of sp³-hybridized carbons (Fsp3) is 0.250. The van der Waals surface area contributed by atoms with Gasteiger partial charge in [-0.2, -0.15) is 5.53 Å². The maximum atomic E-state index is 15.2. The summed E-state index contributed by atoms with van der Waals surface area (Å²) in [5, 5.41) is 30.9. The van der Waals surface area contributed by atoms with Gasteiger partial charge in [-0.1, -0.05) is 16.8 Å². The smallest absolute Gasteiger partial charge is 0.247 e. The van der Waals surface area contributed by atoms with Crippen LogP contribution in [0.4, 0.5) is 14.5 Å². The Labute approximate surface area is 220 Å². The van der Waals surface area contributed by atoms with Crippen LogP contribution in [0.25, 0.3) is 5.57 Å². The standard InChI is InChI=1S/C24H21ClF2N8O3/c25-15-2-4-17(33(11-28)32-29)21(23(15)27)12-7-13-1-3-18(35(13)20(37)8-12)24-30-9-16(31-24)14-5-6-34(38)19(10-36)22(14)26/h2,4-6,8-9,11,13,18,28-29,36,38H,1,3,7,10H2/b16-14-,28-11?,32-29?/t13?,18-/m0/s1. The first-order chi connectivity index (χ1) is 18.3. The molecule has 5 rings (SSSR count). The van der Waals surface area contributed by atoms with Crippen LogP contribution in [0.5, 0.6) is 0 Å². The van der Waals surface area contributed by atoms with E-state index in [1.165, 1.54) is 36.7 Å². The molecule has 2 atom stereocenters. The van der Waals surface area contributed by atoms with Gasteiger partial charge in [0.05, 0.1) is 35.3 Å². The molecule has 11 nitrogen and oxygen atoms in total. The number of nitrogens with zero attached hydrogens (tertiary/aromatic N) is 6. The van der Waals surface area contributed by atoms with Crippen molar-refractivity contribution in [3.8, 4) is 0 Å². The minimum absolute atomic E-state index is 0.000611. The van der Waals surface area contributed by atoms with Crippen molar-refractivity contribution >= 4 is 47.2 Å². The Bertz CT molecular complexity index is 1430. The van der Waals surface area contributed by atoms with E-state index < -0.39 is 30.2 Å². The van der Waals surface area contributed by atoms with Gasteiger partial charge in [-0.15, -0.1) is 0 Å². The fourth-order valence-corrected chi connectivity index (χ4v) is 5.23. The second kappa shape index (κ2) is 10.0. The SMILES string of the molecule is N=CN(N=N)c1ccc(Cl)c(F)c1C1=CC(=O)N2C(CC[C@H]2C2=N/C(=C3/C=CN(O)C(CO)=C3F)C=N2)C1. The van der Waals surface area contributed by atoms with Crippen LogP contribution >= 0.6 is 11.6 Å². The molecule has 1 saturated heterocycles. The van der Waals surface area contributed by atoms with Crippen molar-refractivity contribution < 1.29 is 23.9 Å². The number of nitrogens with one attached hydrogen (secondary N) is 2. The number of halogens is 3. The summed E-state index contributed by atoms with van der Waals surface area (Å²) in [5.41, 5.74) is 7.69. The number of aliphatic hydroxyl groups is 1. The van der Waals surface area contributed by atoms with E-state index in [0.29, 0.717) is 29.3 Å². The van der Waals surface area contributed by atoms with E-state index in [9.17, 15) is 19.5 Å². The van der Waals surface area contributed by atoms with Gasteiger partial charge >= 0.3 is 0 Å². The van der Waals surface area contributed by atoms with Crippen molar-refractivity contribution in [2.45, 2.75) is 31.3 Å². The van der Waals surface area contributed by atoms with Gasteiger partial charge in [0.25, 0.3) is 0 Å². The van der Waals surface area contributed by atoms with Crippen LogP contribution in [0, 0.1) is 16.8 Å². The van der Waals surface area contributed by atoms with Crippen LogP contribution in [0.15, 0.2) is 68.5 Å². The Hall–Kier alpha value is -4.07. The van der Waals surface area contributed by atoms with Crippen LogP contribution in [0.1, 0.15) is 24.8 Å². The maximum absolute atomic E-state index is 15.2. The van der Waals surface area contributed by atoms with Gasteiger partial charge < -0.3 is 10.0 Å². The van der Waals surface area contributed by atoms with Crippen LogP contribution in [0.2, 0.25) is 5.02 Å². The lowest BCUT2D eigenvalue weighted by Crippen LogP contribution is -2.45. The molecule has 4 aliphatic rings. The lowest BCUT2D eigenvalue weighted by molar-refractivity contribution is -0.128. The molecule has 14 heteroatoms. The van der Waals surface area contributed by atoms with Gasteiger partial charge in [0, 0.05) is 29.5 Å². The van der Waals surface area contributed by atoms with Gasteiger partial charge in [-0.25, -0.2) is 28.8 Å². The van der Waals surface area contributed by atoms with Crippen molar-refractivity contribution in [3.63, 3.8) is 0 Å². The molecule has 0 bridgehead atoms. The van der Waals surface area contributed by atoms with E-state index in [1.807, 2.05) is 0 Å². The topological polar surface area (TPSA) is 152 Å². The summed E-state index contributed by atoms with van der Waals surface area (Å²) in [7, 11) is 0. The Balaban J connectivity index is 1.47. The molecule has 38 heavy (non-hydrogen) atoms. The number of fused-ring (bicyclic) bond motifs is 1. The molecule has 1 fully saturated rings. The molecule has 1 amide bonds. The normalized spacial score (nSPS) is 24.6. The average molecular weight is 543 g/mol. The largest absolute Gasteiger partial charge is 0.390 e. The predicted molar refractivity (Wildman–Crippen MR) is 135 cm³/mol. The summed E-state index contributed by atoms with van der Waals surface area (Å²) < 4.78 is 30.0. The average Bonchev–Trinajstić information content (AvgIpc) is 3.55. The van der Waals surface area contributed by atoms with Crippen LogP contribution in [-0.2, 0) is 4.79 Å². The van der Waals surface area contributed by atoms with Gasteiger partial charge in [0.2, 0.25) is 5.91 Å². The maximum Gasteiger partial charge on any atom is 0.247 e. The van der Waals surface area contributed by atoms with E-state index in [1.54, 1.807) is 4.90 Å². The number of rotatable bonds is 6. The van der Waals surface area contributed by atoms with E-state index in [2.05, 4.69) is 15.2 Å². The number of anilines is 1. The van der Waals surface area contributed by atoms with Crippen molar-refractivity contribution in [3.05, 3.63) is 69.7 Å². The lowest BCUT2D eigenvalue weighted by atomic mass is 9.92. The fourth-order valence-electron chi connectivity index (χ4n) is 5.07. The summed E-state index contributed by atoms with van der Waals surface area (Å²) in [5.74, 6) is -1.69. The number of aliphatic imine (C=N–C) groups is 2. The third-order valence-corrected chi connectivity index (χ3v) is 7.10. The third-order valence-electron chi connectivity index (χ3n) is 6.81. The van der Waals surface area contributed by atoms with E-state index >= 15 is 4.39 Å². The highest BCUT2D eigenvalue weighted by Gasteiger charge is 2.43. The van der Waals surface area contributed by atoms with Crippen molar-refractivity contribution in [1.82, 2.24) is 9.96 Å². The van der Waals surface area contributed by atoms with Crippen molar-refractivity contribution in [2.24, 2.45) is 15.2 Å². The minimum atomic E-state index is -0.840. The van der Waals surface area contributed by atoms with Crippen molar-refractivity contribution in [2.75, 3.05) is 11.6 Å². The molecule has 4 N–H and O–H groups in total. The second-order valence-electron chi connectivity index (χ2n) is 8.80. The molecule has 0 aromatic heterocycles. The summed E-state index contributed by atoms with van der Waals surface area (Å²) in [4.78, 5) is 23.7. The lowest BCUT2D eigenvalue weighted by Gasteiger charge is -2.33. The predicted octanol–water partition coefficient (Wildman–Crippen LogP) is 4.11. The zero-order valence-electron chi connectivity index (χ0n) is 19.6. The Kier molecular flexibility index (Phi) is 6.73. The summed E-state index contributed by atoms with van der Waals surface area (Å²) in [6.45, 7) is -0.721. The number of allylic oxidation sites excluding steroid dienone is 4. The van der Waals surface area contributed by atoms with Gasteiger partial charge in [0.1, 0.15) is 12.0 Å². The Morgan fingerprint density at radius 3 is 2.82 bits per heavy atom. The first kappa shape index (κ1) is 25.6. The summed E-state index contributed by atoms with van der Waals surface area (Å²) >= 11 is 6.02. The molecule has 0 spiro atoms.